The lowest BCUT2D eigenvalue weighted by molar-refractivity contribution is -0.102. The summed E-state index contributed by atoms with van der Waals surface area (Å²) < 4.78 is 15.5. The Bertz CT molecular complexity index is 161. The van der Waals surface area contributed by atoms with E-state index in [9.17, 15) is 0 Å². The molecule has 0 unspecified atom stereocenters. The van der Waals surface area contributed by atoms with Crippen molar-refractivity contribution in [2.45, 2.75) is 24.7 Å². The molecule has 2 rings (SSSR count). The Morgan fingerprint density at radius 2 is 2.42 bits per heavy atom. The summed E-state index contributed by atoms with van der Waals surface area (Å²) in [5.41, 5.74) is 0. The van der Waals surface area contributed by atoms with Crippen LogP contribution in [0.3, 0.4) is 0 Å². The second kappa shape index (κ2) is 3.30. The molecule has 0 aromatic rings. The quantitative estimate of drug-likeness (QED) is 0.472. The minimum Gasteiger partial charge on any atom is -0.396 e. The van der Waals surface area contributed by atoms with Crippen LogP contribution in [-0.2, 0) is 14.2 Å². The van der Waals surface area contributed by atoms with Crippen molar-refractivity contribution < 1.29 is 19.3 Å². The number of fused-ring (bicyclic) bond motifs is 1. The van der Waals surface area contributed by atoms with Crippen LogP contribution in [0.1, 0.15) is 6.42 Å². The summed E-state index contributed by atoms with van der Waals surface area (Å²) in [4.78, 5) is 0. The monoisotopic (exact) mass is 174 g/mol. The van der Waals surface area contributed by atoms with Crippen molar-refractivity contribution in [1.82, 2.24) is 0 Å². The first kappa shape index (κ1) is 8.44. The molecule has 1 saturated heterocycles. The predicted octanol–water partition coefficient (Wildman–Crippen LogP) is -0.245. The van der Waals surface area contributed by atoms with E-state index in [1.807, 2.05) is 0 Å². The van der Waals surface area contributed by atoms with E-state index in [0.29, 0.717) is 12.9 Å². The van der Waals surface area contributed by atoms with Crippen molar-refractivity contribution >= 4 is 0 Å². The van der Waals surface area contributed by atoms with Crippen LogP contribution in [0.4, 0.5) is 0 Å². The van der Waals surface area contributed by atoms with Gasteiger partial charge in [0, 0.05) is 19.4 Å². The summed E-state index contributed by atoms with van der Waals surface area (Å²) in [6, 6.07) is 0. The minimum atomic E-state index is 0.124. The number of hydrogen-bond donors (Lipinski definition) is 1. The van der Waals surface area contributed by atoms with E-state index in [-0.39, 0.29) is 24.7 Å². The van der Waals surface area contributed by atoms with Gasteiger partial charge in [0.05, 0.1) is 24.9 Å². The molecule has 70 valence electrons. The zero-order valence-electron chi connectivity index (χ0n) is 7.10. The van der Waals surface area contributed by atoms with Crippen molar-refractivity contribution in [2.75, 3.05) is 20.5 Å². The first-order valence-corrected chi connectivity index (χ1v) is 4.23. The van der Waals surface area contributed by atoms with Crippen LogP contribution < -0.4 is 0 Å². The highest BCUT2D eigenvalue weighted by Gasteiger charge is 2.55. The highest BCUT2D eigenvalue weighted by molar-refractivity contribution is 5.02. The molecule has 2 aliphatic rings. The van der Waals surface area contributed by atoms with Gasteiger partial charge in [-0.1, -0.05) is 0 Å². The number of aliphatic hydroxyl groups is 1. The van der Waals surface area contributed by atoms with E-state index in [1.54, 1.807) is 7.11 Å². The molecule has 1 aliphatic heterocycles. The van der Waals surface area contributed by atoms with Gasteiger partial charge in [0.25, 0.3) is 0 Å². The van der Waals surface area contributed by atoms with Gasteiger partial charge < -0.3 is 19.3 Å². The lowest BCUT2D eigenvalue weighted by Gasteiger charge is -2.19. The third kappa shape index (κ3) is 1.35. The van der Waals surface area contributed by atoms with Gasteiger partial charge >= 0.3 is 0 Å². The topological polar surface area (TPSA) is 51.2 Å². The molecule has 0 aromatic carbocycles. The maximum Gasteiger partial charge on any atom is 0.146 e. The van der Waals surface area contributed by atoms with Crippen LogP contribution in [0.2, 0.25) is 0 Å². The third-order valence-corrected chi connectivity index (χ3v) is 2.60. The van der Waals surface area contributed by atoms with Crippen molar-refractivity contribution in [2.24, 2.45) is 5.92 Å². The maximum atomic E-state index is 9.03. The summed E-state index contributed by atoms with van der Waals surface area (Å²) in [7, 11) is 1.60. The first-order valence-electron chi connectivity index (χ1n) is 4.23. The fourth-order valence-corrected chi connectivity index (χ4v) is 1.91. The zero-order chi connectivity index (χ0) is 8.55. The van der Waals surface area contributed by atoms with Gasteiger partial charge in [0.15, 0.2) is 0 Å². The van der Waals surface area contributed by atoms with Gasteiger partial charge in [-0.2, -0.15) is 0 Å². The number of methoxy groups -OCH3 is 1. The lowest BCUT2D eigenvalue weighted by atomic mass is 10.1. The zero-order valence-corrected chi connectivity index (χ0v) is 7.10. The van der Waals surface area contributed by atoms with Crippen LogP contribution in [0, 0.1) is 5.92 Å². The van der Waals surface area contributed by atoms with E-state index < -0.39 is 0 Å². The van der Waals surface area contributed by atoms with Crippen LogP contribution in [0.25, 0.3) is 0 Å². The van der Waals surface area contributed by atoms with Crippen molar-refractivity contribution in [3.8, 4) is 0 Å². The second-order valence-corrected chi connectivity index (χ2v) is 3.33. The van der Waals surface area contributed by atoms with Crippen LogP contribution >= 0.6 is 0 Å². The molecule has 0 radical (unpaired) electrons. The number of aliphatic hydroxyl groups excluding tert-OH is 1. The highest BCUT2D eigenvalue weighted by atomic mass is 16.7. The van der Waals surface area contributed by atoms with E-state index in [1.165, 1.54) is 0 Å². The average molecular weight is 174 g/mol. The normalized spacial score (nSPS) is 44.5. The Balaban J connectivity index is 1.82. The smallest absolute Gasteiger partial charge is 0.146 e. The van der Waals surface area contributed by atoms with Crippen molar-refractivity contribution in [3.63, 3.8) is 0 Å². The number of epoxide rings is 1. The number of ether oxygens (including phenoxy) is 3. The first-order chi connectivity index (χ1) is 5.86. The van der Waals surface area contributed by atoms with Crippen LogP contribution in [0.5, 0.6) is 0 Å². The van der Waals surface area contributed by atoms with Gasteiger partial charge in [0.1, 0.15) is 6.79 Å². The van der Waals surface area contributed by atoms with E-state index in [2.05, 4.69) is 0 Å². The lowest BCUT2D eigenvalue weighted by Crippen LogP contribution is -2.27. The summed E-state index contributed by atoms with van der Waals surface area (Å²) in [6.45, 7) is 0.455. The van der Waals surface area contributed by atoms with Crippen LogP contribution in [0.15, 0.2) is 0 Å². The van der Waals surface area contributed by atoms with E-state index >= 15 is 0 Å². The molecule has 0 spiro atoms. The number of hydrogen-bond acceptors (Lipinski definition) is 4. The minimum absolute atomic E-state index is 0.124. The molecule has 1 heterocycles. The molecule has 4 nitrogen and oxygen atoms in total. The number of rotatable bonds is 4. The molecule has 1 saturated carbocycles. The Morgan fingerprint density at radius 3 is 3.08 bits per heavy atom. The molecule has 2 fully saturated rings. The van der Waals surface area contributed by atoms with Gasteiger partial charge in [0.2, 0.25) is 0 Å². The summed E-state index contributed by atoms with van der Waals surface area (Å²) in [5.74, 6) is 0.158. The molecular formula is C8H14O4. The fourth-order valence-electron chi connectivity index (χ4n) is 1.91. The SMILES string of the molecule is COCO[C@H]1C[C@@H]2O[C@@H]2[C@@H]1CO. The van der Waals surface area contributed by atoms with Gasteiger partial charge in [-0.15, -0.1) is 0 Å². The molecule has 1 aliphatic carbocycles. The summed E-state index contributed by atoms with van der Waals surface area (Å²) in [6.07, 6.45) is 1.61. The van der Waals surface area contributed by atoms with Gasteiger partial charge in [-0.25, -0.2) is 0 Å². The molecule has 0 aromatic heterocycles. The maximum absolute atomic E-state index is 9.03. The molecular weight excluding hydrogens is 160 g/mol. The largest absolute Gasteiger partial charge is 0.396 e. The molecule has 0 amide bonds. The van der Waals surface area contributed by atoms with E-state index in [0.717, 1.165) is 6.42 Å². The van der Waals surface area contributed by atoms with Crippen molar-refractivity contribution in [1.29, 1.82) is 0 Å². The van der Waals surface area contributed by atoms with E-state index in [4.69, 9.17) is 19.3 Å². The summed E-state index contributed by atoms with van der Waals surface area (Å²) >= 11 is 0. The van der Waals surface area contributed by atoms with Gasteiger partial charge in [-0.05, 0) is 0 Å². The Kier molecular flexibility index (Phi) is 2.32. The Hall–Kier alpha value is -0.160. The van der Waals surface area contributed by atoms with Crippen LogP contribution in [-0.4, -0.2) is 43.9 Å². The standard InChI is InChI=1S/C8H14O4/c1-10-4-11-6-2-7-8(12-7)5(6)3-9/h5-9H,2-4H2,1H3/t5-,6+,7+,8-/m1/s1. The molecule has 1 N–H and O–H groups in total. The Labute approximate surface area is 71.4 Å². The molecule has 4 atom stereocenters. The molecule has 4 heteroatoms. The predicted molar refractivity (Wildman–Crippen MR) is 40.6 cm³/mol. The second-order valence-electron chi connectivity index (χ2n) is 3.33. The third-order valence-electron chi connectivity index (χ3n) is 2.60. The average Bonchev–Trinajstić information content (AvgIpc) is 2.75. The molecule has 12 heavy (non-hydrogen) atoms. The molecule has 0 bridgehead atoms. The highest BCUT2D eigenvalue weighted by Crippen LogP contribution is 2.44. The van der Waals surface area contributed by atoms with Crippen molar-refractivity contribution in [3.05, 3.63) is 0 Å². The Morgan fingerprint density at radius 1 is 1.58 bits per heavy atom. The fraction of sp³-hybridized carbons (Fsp3) is 1.00. The summed E-state index contributed by atoms with van der Waals surface area (Å²) in [5, 5.41) is 9.03. The van der Waals surface area contributed by atoms with Gasteiger partial charge in [-0.3, -0.25) is 0 Å².